The number of methoxy groups -OCH3 is 2. The lowest BCUT2D eigenvalue weighted by molar-refractivity contribution is -0.146. The maximum Gasteiger partial charge on any atom is 0.326 e. The van der Waals surface area contributed by atoms with Crippen LogP contribution < -0.4 is 29.6 Å². The van der Waals surface area contributed by atoms with Gasteiger partial charge in [0, 0.05) is 24.2 Å². The fraction of sp³-hybridized carbons (Fsp3) is 0.368. The Kier molecular flexibility index (Phi) is 14.1. The molecule has 0 aliphatic heterocycles. The first-order valence-corrected chi connectivity index (χ1v) is 17.4. The van der Waals surface area contributed by atoms with Crippen LogP contribution >= 0.6 is 23.2 Å². The number of carboxylic acid groups (broad SMARTS) is 2. The van der Waals surface area contributed by atoms with Crippen molar-refractivity contribution in [2.45, 2.75) is 65.1 Å². The zero-order valence-electron chi connectivity index (χ0n) is 30.8. The van der Waals surface area contributed by atoms with Crippen LogP contribution in [0.15, 0.2) is 48.5 Å². The van der Waals surface area contributed by atoms with E-state index in [1.165, 1.54) is 28.1 Å². The molecule has 4 rings (SSSR count). The number of rotatable bonds is 19. The standard InChI is InChI=1S/C38H44Cl2N4O10/c1-21-23(17-53-33-29(39)13-25(31(43-33)51-5)15-41-37(3,19-45)35(47)48)9-7-11-27(21)28-12-8-10-24(22(28)2)18-54-34-30(40)14-26(32(44-34)52-6)16-42-38(4,20-46)36(49)50/h7-14,41-42,45-46H,15-20H2,1-6H3,(H,47,48)(H,49,50)/t37-,38-/m1/s1. The number of carbonyl (C=O) groups is 2. The molecule has 0 radical (unpaired) electrons. The van der Waals surface area contributed by atoms with Crippen molar-refractivity contribution in [3.63, 3.8) is 0 Å². The first kappa shape index (κ1) is 42.0. The second-order valence-corrected chi connectivity index (χ2v) is 13.8. The molecule has 0 saturated carbocycles. The summed E-state index contributed by atoms with van der Waals surface area (Å²) in [4.78, 5) is 32.0. The normalized spacial score (nSPS) is 13.4. The molecule has 0 unspecified atom stereocenters. The lowest BCUT2D eigenvalue weighted by Crippen LogP contribution is -2.52. The molecule has 2 atom stereocenters. The summed E-state index contributed by atoms with van der Waals surface area (Å²) < 4.78 is 23.0. The molecular weight excluding hydrogens is 743 g/mol. The Morgan fingerprint density at radius 1 is 0.667 bits per heavy atom. The fourth-order valence-corrected chi connectivity index (χ4v) is 5.79. The van der Waals surface area contributed by atoms with Crippen molar-refractivity contribution in [1.29, 1.82) is 0 Å². The number of nitrogens with one attached hydrogen (secondary N) is 2. The van der Waals surface area contributed by atoms with Gasteiger partial charge in [-0.05, 0) is 73.2 Å². The van der Waals surface area contributed by atoms with Crippen LogP contribution in [0.1, 0.15) is 47.2 Å². The van der Waals surface area contributed by atoms with Crippen molar-refractivity contribution in [2.24, 2.45) is 0 Å². The van der Waals surface area contributed by atoms with Gasteiger partial charge in [-0.1, -0.05) is 59.6 Å². The molecule has 0 saturated heterocycles. The predicted octanol–water partition coefficient (Wildman–Crippen LogP) is 5.09. The lowest BCUT2D eigenvalue weighted by Gasteiger charge is -2.24. The summed E-state index contributed by atoms with van der Waals surface area (Å²) in [6, 6.07) is 14.9. The van der Waals surface area contributed by atoms with Crippen LogP contribution in [0.5, 0.6) is 23.5 Å². The number of halogens is 2. The predicted molar refractivity (Wildman–Crippen MR) is 202 cm³/mol. The molecule has 0 fully saturated rings. The maximum absolute atomic E-state index is 11.6. The molecule has 0 spiro atoms. The average molecular weight is 788 g/mol. The van der Waals surface area contributed by atoms with Gasteiger partial charge >= 0.3 is 11.9 Å². The minimum absolute atomic E-state index is 0.0216. The molecule has 0 aliphatic carbocycles. The van der Waals surface area contributed by atoms with Gasteiger partial charge in [0.25, 0.3) is 0 Å². The number of carboxylic acids is 2. The summed E-state index contributed by atoms with van der Waals surface area (Å²) in [6.45, 7) is 5.81. The van der Waals surface area contributed by atoms with Gasteiger partial charge in [0.05, 0.1) is 27.4 Å². The number of pyridine rings is 2. The van der Waals surface area contributed by atoms with Gasteiger partial charge in [-0.2, -0.15) is 9.97 Å². The van der Waals surface area contributed by atoms with Crippen LogP contribution in [0.25, 0.3) is 11.1 Å². The summed E-state index contributed by atoms with van der Waals surface area (Å²) in [5.41, 5.74) is 3.50. The number of aliphatic carboxylic acids is 2. The summed E-state index contributed by atoms with van der Waals surface area (Å²) in [5, 5.41) is 44.0. The highest BCUT2D eigenvalue weighted by Crippen LogP contribution is 2.34. The van der Waals surface area contributed by atoms with Crippen LogP contribution in [0.4, 0.5) is 0 Å². The molecule has 14 nitrogen and oxygen atoms in total. The Morgan fingerprint density at radius 2 is 1.04 bits per heavy atom. The molecular formula is C38H44Cl2N4O10. The van der Waals surface area contributed by atoms with Crippen molar-refractivity contribution in [3.05, 3.63) is 92.0 Å². The van der Waals surface area contributed by atoms with E-state index in [-0.39, 0.29) is 59.9 Å². The average Bonchev–Trinajstić information content (AvgIpc) is 3.15. The highest BCUT2D eigenvalue weighted by atomic mass is 35.5. The first-order chi connectivity index (χ1) is 25.6. The number of benzene rings is 2. The molecule has 4 aromatic rings. The van der Waals surface area contributed by atoms with E-state index in [4.69, 9.17) is 42.1 Å². The van der Waals surface area contributed by atoms with Crippen LogP contribution in [-0.2, 0) is 35.9 Å². The molecule has 2 heterocycles. The van der Waals surface area contributed by atoms with Crippen molar-refractivity contribution in [1.82, 2.24) is 20.6 Å². The van der Waals surface area contributed by atoms with E-state index in [1.54, 1.807) is 12.1 Å². The molecule has 290 valence electrons. The second kappa shape index (κ2) is 18.1. The van der Waals surface area contributed by atoms with E-state index in [2.05, 4.69) is 20.6 Å². The van der Waals surface area contributed by atoms with E-state index >= 15 is 0 Å². The van der Waals surface area contributed by atoms with Gasteiger partial charge in [0.1, 0.15) is 34.3 Å². The van der Waals surface area contributed by atoms with Crippen LogP contribution in [-0.4, -0.2) is 80.8 Å². The molecule has 0 bridgehead atoms. The van der Waals surface area contributed by atoms with Gasteiger partial charge in [-0.25, -0.2) is 0 Å². The Balaban J connectivity index is 1.50. The van der Waals surface area contributed by atoms with Crippen molar-refractivity contribution in [2.75, 3.05) is 27.4 Å². The summed E-state index contributed by atoms with van der Waals surface area (Å²) in [6.07, 6.45) is 0. The third kappa shape index (κ3) is 9.50. The van der Waals surface area contributed by atoms with Gasteiger partial charge in [-0.15, -0.1) is 0 Å². The van der Waals surface area contributed by atoms with E-state index in [0.29, 0.717) is 11.1 Å². The number of aromatic nitrogens is 2. The minimum Gasteiger partial charge on any atom is -0.481 e. The molecule has 54 heavy (non-hydrogen) atoms. The van der Waals surface area contributed by atoms with E-state index in [9.17, 15) is 30.0 Å². The zero-order chi connectivity index (χ0) is 39.8. The number of hydrogen-bond donors (Lipinski definition) is 6. The van der Waals surface area contributed by atoms with Gasteiger partial charge < -0.3 is 39.4 Å². The van der Waals surface area contributed by atoms with E-state index in [0.717, 1.165) is 33.4 Å². The maximum atomic E-state index is 11.6. The number of nitrogens with zero attached hydrogens (tertiary/aromatic N) is 2. The van der Waals surface area contributed by atoms with Crippen LogP contribution in [0.2, 0.25) is 10.0 Å². The van der Waals surface area contributed by atoms with E-state index in [1.807, 2.05) is 50.2 Å². The highest BCUT2D eigenvalue weighted by molar-refractivity contribution is 6.32. The molecule has 2 aromatic heterocycles. The summed E-state index contributed by atoms with van der Waals surface area (Å²) in [5.74, 6) is -1.76. The third-order valence-corrected chi connectivity index (χ3v) is 9.72. The largest absolute Gasteiger partial charge is 0.481 e. The molecule has 2 aromatic carbocycles. The minimum atomic E-state index is -1.57. The lowest BCUT2D eigenvalue weighted by atomic mass is 9.92. The Hall–Kier alpha value is -4.70. The van der Waals surface area contributed by atoms with Crippen molar-refractivity contribution < 1.29 is 49.0 Å². The number of hydrogen-bond acceptors (Lipinski definition) is 12. The number of ether oxygens (including phenoxy) is 4. The Labute approximate surface area is 323 Å². The third-order valence-electron chi connectivity index (χ3n) is 9.18. The highest BCUT2D eigenvalue weighted by Gasteiger charge is 2.33. The van der Waals surface area contributed by atoms with Gasteiger partial charge in [0.2, 0.25) is 23.5 Å². The summed E-state index contributed by atoms with van der Waals surface area (Å²) >= 11 is 13.1. The Bertz CT molecular complexity index is 1860. The first-order valence-electron chi connectivity index (χ1n) is 16.7. The van der Waals surface area contributed by atoms with E-state index < -0.39 is 36.2 Å². The molecule has 0 aliphatic rings. The molecule has 6 N–H and O–H groups in total. The second-order valence-electron chi connectivity index (χ2n) is 12.9. The van der Waals surface area contributed by atoms with Crippen LogP contribution in [0, 0.1) is 13.8 Å². The fourth-order valence-electron chi connectivity index (χ4n) is 5.33. The van der Waals surface area contributed by atoms with Crippen molar-refractivity contribution >= 4 is 35.1 Å². The van der Waals surface area contributed by atoms with Gasteiger partial charge in [-0.3, -0.25) is 20.2 Å². The molecule has 16 heteroatoms. The quantitative estimate of drug-likeness (QED) is 0.0734. The van der Waals surface area contributed by atoms with Gasteiger partial charge in [0.15, 0.2) is 0 Å². The topological polar surface area (TPSA) is 202 Å². The zero-order valence-corrected chi connectivity index (χ0v) is 32.3. The number of aliphatic hydroxyl groups excluding tert-OH is 2. The van der Waals surface area contributed by atoms with Crippen LogP contribution in [0.3, 0.4) is 0 Å². The number of aliphatic hydroxyl groups is 2. The summed E-state index contributed by atoms with van der Waals surface area (Å²) in [7, 11) is 2.86. The smallest absolute Gasteiger partial charge is 0.326 e. The Morgan fingerprint density at radius 3 is 1.35 bits per heavy atom. The SMILES string of the molecule is COc1nc(OCc2cccc(-c3cccc(COc4nc(OC)c(CN[C@](C)(CO)C(=O)O)cc4Cl)c3C)c2C)c(Cl)cc1CN[C@](C)(CO)C(=O)O. The molecule has 0 amide bonds. The van der Waals surface area contributed by atoms with Crippen molar-refractivity contribution in [3.8, 4) is 34.6 Å². The monoisotopic (exact) mass is 786 g/mol.